The topological polar surface area (TPSA) is 63.2 Å². The first kappa shape index (κ1) is 13.5. The fraction of sp³-hybridized carbons (Fsp3) is 0.636. The molecule has 1 aromatic rings. The summed E-state index contributed by atoms with van der Waals surface area (Å²) in [5.41, 5.74) is 0.993. The predicted molar refractivity (Wildman–Crippen MR) is 77.0 cm³/mol. The van der Waals surface area contributed by atoms with Gasteiger partial charge in [0.15, 0.2) is 9.84 Å². The fourth-order valence-electron chi connectivity index (χ4n) is 2.39. The zero-order chi connectivity index (χ0) is 13.5. The Kier molecular flexibility index (Phi) is 3.61. The molecule has 8 heteroatoms. The molecule has 0 amide bonds. The van der Waals surface area contributed by atoms with Gasteiger partial charge in [-0.2, -0.15) is 4.98 Å². The Bertz CT molecular complexity index is 606. The van der Waals surface area contributed by atoms with Crippen molar-refractivity contribution in [1.82, 2.24) is 9.97 Å². The quantitative estimate of drug-likeness (QED) is 0.729. The number of aromatic nitrogens is 2. The van der Waals surface area contributed by atoms with Crippen LogP contribution in [0.2, 0.25) is 5.28 Å². The summed E-state index contributed by atoms with van der Waals surface area (Å²) in [6, 6.07) is 0. The summed E-state index contributed by atoms with van der Waals surface area (Å²) >= 11 is 7.70. The third kappa shape index (κ3) is 2.83. The summed E-state index contributed by atoms with van der Waals surface area (Å²) in [6.45, 7) is 1.20. The van der Waals surface area contributed by atoms with Crippen LogP contribution in [0.15, 0.2) is 4.90 Å². The molecule has 19 heavy (non-hydrogen) atoms. The molecular formula is C11H14ClN3O2S2. The van der Waals surface area contributed by atoms with Crippen LogP contribution in [0.5, 0.6) is 0 Å². The molecule has 0 N–H and O–H groups in total. The first-order valence-corrected chi connectivity index (χ1v) is 9.38. The molecule has 1 fully saturated rings. The van der Waals surface area contributed by atoms with Crippen molar-refractivity contribution in [1.29, 1.82) is 0 Å². The Balaban J connectivity index is 1.94. The highest BCUT2D eigenvalue weighted by Gasteiger charge is 2.26. The summed E-state index contributed by atoms with van der Waals surface area (Å²) < 4.78 is 23.3. The first-order valence-electron chi connectivity index (χ1n) is 6.20. The van der Waals surface area contributed by atoms with Gasteiger partial charge >= 0.3 is 0 Å². The molecule has 1 saturated heterocycles. The second-order valence-electron chi connectivity index (χ2n) is 4.68. The third-order valence-corrected chi connectivity index (χ3v) is 6.33. The second-order valence-corrected chi connectivity index (χ2v) is 8.43. The van der Waals surface area contributed by atoms with Gasteiger partial charge in [-0.3, -0.25) is 0 Å². The van der Waals surface area contributed by atoms with Crippen molar-refractivity contribution in [3.8, 4) is 0 Å². The number of hydrogen-bond donors (Lipinski definition) is 0. The van der Waals surface area contributed by atoms with E-state index in [1.807, 2.05) is 4.90 Å². The van der Waals surface area contributed by atoms with Gasteiger partial charge in [0.2, 0.25) is 5.28 Å². The van der Waals surface area contributed by atoms with E-state index in [9.17, 15) is 8.42 Å². The van der Waals surface area contributed by atoms with Crippen LogP contribution in [0.4, 0.5) is 5.82 Å². The van der Waals surface area contributed by atoms with Crippen molar-refractivity contribution in [3.05, 3.63) is 11.0 Å². The van der Waals surface area contributed by atoms with E-state index in [2.05, 4.69) is 9.97 Å². The first-order chi connectivity index (χ1) is 9.05. The van der Waals surface area contributed by atoms with E-state index >= 15 is 0 Å². The average Bonchev–Trinajstić information content (AvgIpc) is 2.72. The van der Waals surface area contributed by atoms with Crippen molar-refractivity contribution in [3.63, 3.8) is 0 Å². The van der Waals surface area contributed by atoms with E-state index in [0.717, 1.165) is 28.6 Å². The predicted octanol–water partition coefficient (Wildman–Crippen LogP) is 1.40. The van der Waals surface area contributed by atoms with Gasteiger partial charge in [-0.25, -0.2) is 13.4 Å². The minimum atomic E-state index is -2.91. The summed E-state index contributed by atoms with van der Waals surface area (Å²) in [6.07, 6.45) is 1.55. The summed E-state index contributed by atoms with van der Waals surface area (Å²) in [5.74, 6) is 2.25. The highest BCUT2D eigenvalue weighted by molar-refractivity contribution is 7.99. The van der Waals surface area contributed by atoms with Crippen molar-refractivity contribution < 1.29 is 8.42 Å². The minimum Gasteiger partial charge on any atom is -0.354 e. The van der Waals surface area contributed by atoms with Crippen LogP contribution in [0.1, 0.15) is 12.1 Å². The van der Waals surface area contributed by atoms with Gasteiger partial charge in [0.05, 0.1) is 22.1 Å². The molecular weight excluding hydrogens is 306 g/mol. The van der Waals surface area contributed by atoms with Crippen molar-refractivity contribution in [2.24, 2.45) is 0 Å². The van der Waals surface area contributed by atoms with Crippen molar-refractivity contribution in [2.75, 3.05) is 35.2 Å². The number of rotatable bonds is 1. The van der Waals surface area contributed by atoms with Gasteiger partial charge in [-0.05, 0) is 18.0 Å². The Morgan fingerprint density at radius 3 is 2.89 bits per heavy atom. The maximum Gasteiger partial charge on any atom is 0.224 e. The number of halogens is 1. The molecule has 0 aliphatic carbocycles. The molecule has 0 aromatic carbocycles. The number of hydrogen-bond acceptors (Lipinski definition) is 6. The molecule has 0 saturated carbocycles. The second kappa shape index (κ2) is 5.10. The van der Waals surface area contributed by atoms with E-state index in [1.165, 1.54) is 0 Å². The molecule has 5 nitrogen and oxygen atoms in total. The van der Waals surface area contributed by atoms with Crippen LogP contribution in [-0.2, 0) is 16.3 Å². The van der Waals surface area contributed by atoms with Crippen LogP contribution in [0, 0.1) is 0 Å². The molecule has 0 radical (unpaired) electrons. The number of nitrogens with zero attached hydrogens (tertiary/aromatic N) is 3. The molecule has 3 rings (SSSR count). The fourth-order valence-corrected chi connectivity index (χ4v) is 4.96. The van der Waals surface area contributed by atoms with Gasteiger partial charge < -0.3 is 4.90 Å². The highest BCUT2D eigenvalue weighted by Crippen LogP contribution is 2.38. The lowest BCUT2D eigenvalue weighted by atomic mass is 10.3. The Morgan fingerprint density at radius 2 is 2.05 bits per heavy atom. The Hall–Kier alpha value is -0.530. The molecule has 0 bridgehead atoms. The van der Waals surface area contributed by atoms with Gasteiger partial charge in [-0.1, -0.05) is 0 Å². The molecule has 104 valence electrons. The third-order valence-electron chi connectivity index (χ3n) is 3.33. The Morgan fingerprint density at radius 1 is 1.21 bits per heavy atom. The molecule has 0 unspecified atom stereocenters. The lowest BCUT2D eigenvalue weighted by Crippen LogP contribution is -2.28. The van der Waals surface area contributed by atoms with Gasteiger partial charge in [0, 0.05) is 25.3 Å². The minimum absolute atomic E-state index is 0.189. The number of fused-ring (bicyclic) bond motifs is 1. The van der Waals surface area contributed by atoms with Crippen LogP contribution in [0.3, 0.4) is 0 Å². The van der Waals surface area contributed by atoms with Gasteiger partial charge in [0.1, 0.15) is 5.82 Å². The lowest BCUT2D eigenvalue weighted by Gasteiger charge is -2.22. The van der Waals surface area contributed by atoms with Crippen LogP contribution in [-0.4, -0.2) is 48.7 Å². The van der Waals surface area contributed by atoms with E-state index < -0.39 is 9.84 Å². The largest absolute Gasteiger partial charge is 0.354 e. The SMILES string of the molecule is O=S1(=O)CCCN(c2nc(Cl)nc3c2SCC3)CC1. The highest BCUT2D eigenvalue weighted by atomic mass is 35.5. The number of aryl methyl sites for hydroxylation is 1. The van der Waals surface area contributed by atoms with E-state index in [-0.39, 0.29) is 16.8 Å². The van der Waals surface area contributed by atoms with Crippen LogP contribution < -0.4 is 4.90 Å². The van der Waals surface area contributed by atoms with Gasteiger partial charge in [-0.15, -0.1) is 11.8 Å². The standard InChI is InChI=1S/C11H14ClN3O2S2/c12-11-13-8-2-5-18-9(8)10(14-11)15-3-1-6-19(16,17)7-4-15/h1-7H2. The van der Waals surface area contributed by atoms with Crippen LogP contribution >= 0.6 is 23.4 Å². The average molecular weight is 320 g/mol. The van der Waals surface area contributed by atoms with E-state index in [0.29, 0.717) is 19.5 Å². The summed E-state index contributed by atoms with van der Waals surface area (Å²) in [4.78, 5) is 11.7. The number of thioether (sulfide) groups is 1. The van der Waals surface area contributed by atoms with E-state index in [1.54, 1.807) is 11.8 Å². The Labute approximate surface area is 121 Å². The normalized spacial score (nSPS) is 22.1. The summed E-state index contributed by atoms with van der Waals surface area (Å²) in [7, 11) is -2.91. The molecule has 1 aromatic heterocycles. The van der Waals surface area contributed by atoms with Crippen molar-refractivity contribution >= 4 is 39.0 Å². The maximum atomic E-state index is 11.7. The molecule has 0 atom stereocenters. The zero-order valence-electron chi connectivity index (χ0n) is 10.3. The van der Waals surface area contributed by atoms with Crippen molar-refractivity contribution in [2.45, 2.75) is 17.7 Å². The number of sulfone groups is 1. The lowest BCUT2D eigenvalue weighted by molar-refractivity contribution is 0.597. The maximum absolute atomic E-state index is 11.7. The van der Waals surface area contributed by atoms with Gasteiger partial charge in [0.25, 0.3) is 0 Å². The zero-order valence-corrected chi connectivity index (χ0v) is 12.7. The smallest absolute Gasteiger partial charge is 0.224 e. The van der Waals surface area contributed by atoms with E-state index in [4.69, 9.17) is 11.6 Å². The summed E-state index contributed by atoms with van der Waals surface area (Å²) in [5, 5.41) is 0.253. The molecule has 2 aliphatic heterocycles. The molecule has 2 aliphatic rings. The molecule has 0 spiro atoms. The van der Waals surface area contributed by atoms with Crippen LogP contribution in [0.25, 0.3) is 0 Å². The number of anilines is 1. The molecule has 3 heterocycles. The monoisotopic (exact) mass is 319 g/mol.